The molecule has 2 aromatic rings. The number of fused-ring (bicyclic) bond motifs is 1. The highest BCUT2D eigenvalue weighted by molar-refractivity contribution is 7.89. The topological polar surface area (TPSA) is 86.8 Å². The molecule has 0 aromatic heterocycles. The van der Waals surface area contributed by atoms with Gasteiger partial charge in [-0.2, -0.15) is 4.31 Å². The number of sulfonamides is 1. The van der Waals surface area contributed by atoms with Gasteiger partial charge in [0.2, 0.25) is 21.8 Å². The van der Waals surface area contributed by atoms with E-state index in [2.05, 4.69) is 5.32 Å². The lowest BCUT2D eigenvalue weighted by Crippen LogP contribution is -2.69. The van der Waals surface area contributed by atoms with Crippen molar-refractivity contribution in [3.63, 3.8) is 0 Å². The van der Waals surface area contributed by atoms with Crippen LogP contribution in [-0.4, -0.2) is 61.2 Å². The minimum Gasteiger partial charge on any atom is -0.342 e. The van der Waals surface area contributed by atoms with Crippen LogP contribution in [0.1, 0.15) is 11.1 Å². The maximum absolute atomic E-state index is 13.0. The zero-order valence-corrected chi connectivity index (χ0v) is 16.9. The molecular weight excluding hydrogens is 390 g/mol. The van der Waals surface area contributed by atoms with E-state index in [1.54, 1.807) is 24.3 Å². The first-order valence-electron chi connectivity index (χ1n) is 9.58. The summed E-state index contributed by atoms with van der Waals surface area (Å²) in [6, 6.07) is 14.7. The summed E-state index contributed by atoms with van der Waals surface area (Å²) in [5.41, 5.74) is 1.93. The Morgan fingerprint density at radius 3 is 2.38 bits per heavy atom. The average molecular weight is 413 g/mol. The van der Waals surface area contributed by atoms with Crippen molar-refractivity contribution >= 4 is 21.8 Å². The summed E-state index contributed by atoms with van der Waals surface area (Å²) in [5, 5.41) is 2.78. The SMILES string of the molecule is Cc1ccc(S(=O)(=O)N2CCN3C(=O)[C@H](Cc4ccccc4)NC(=O)[C@H]3C2)cc1. The number of nitrogens with one attached hydrogen (secondary N) is 1. The Kier molecular flexibility index (Phi) is 5.14. The molecule has 2 saturated heterocycles. The van der Waals surface area contributed by atoms with Crippen molar-refractivity contribution in [2.75, 3.05) is 19.6 Å². The highest BCUT2D eigenvalue weighted by Crippen LogP contribution is 2.23. The molecule has 4 rings (SSSR count). The predicted molar refractivity (Wildman–Crippen MR) is 108 cm³/mol. The molecule has 1 N–H and O–H groups in total. The van der Waals surface area contributed by atoms with E-state index in [0.29, 0.717) is 6.42 Å². The summed E-state index contributed by atoms with van der Waals surface area (Å²) in [6.07, 6.45) is 0.417. The van der Waals surface area contributed by atoms with Gasteiger partial charge in [0, 0.05) is 26.1 Å². The van der Waals surface area contributed by atoms with Gasteiger partial charge in [0.15, 0.2) is 0 Å². The highest BCUT2D eigenvalue weighted by Gasteiger charge is 2.45. The van der Waals surface area contributed by atoms with E-state index in [0.717, 1.165) is 11.1 Å². The second kappa shape index (κ2) is 7.61. The molecule has 0 bridgehead atoms. The summed E-state index contributed by atoms with van der Waals surface area (Å²) < 4.78 is 27.2. The second-order valence-corrected chi connectivity index (χ2v) is 9.41. The molecule has 2 atom stereocenters. The Bertz CT molecular complexity index is 1020. The molecule has 2 heterocycles. The summed E-state index contributed by atoms with van der Waals surface area (Å²) in [5.74, 6) is -0.472. The van der Waals surface area contributed by atoms with E-state index >= 15 is 0 Å². The number of carbonyl (C=O) groups is 2. The molecule has 152 valence electrons. The molecule has 2 aromatic carbocycles. The van der Waals surface area contributed by atoms with Crippen LogP contribution in [0.25, 0.3) is 0 Å². The molecule has 0 spiro atoms. The summed E-state index contributed by atoms with van der Waals surface area (Å²) in [4.78, 5) is 27.3. The number of hydrogen-bond acceptors (Lipinski definition) is 4. The number of hydrogen-bond donors (Lipinski definition) is 1. The Morgan fingerprint density at radius 1 is 1.00 bits per heavy atom. The molecule has 29 heavy (non-hydrogen) atoms. The molecule has 7 nitrogen and oxygen atoms in total. The molecular formula is C21H23N3O4S. The Hall–Kier alpha value is -2.71. The van der Waals surface area contributed by atoms with E-state index in [-0.39, 0.29) is 36.3 Å². The van der Waals surface area contributed by atoms with Gasteiger partial charge in [-0.25, -0.2) is 8.42 Å². The van der Waals surface area contributed by atoms with Crippen molar-refractivity contribution < 1.29 is 18.0 Å². The molecule has 0 saturated carbocycles. The number of piperazine rings is 2. The first-order valence-corrected chi connectivity index (χ1v) is 11.0. The van der Waals surface area contributed by atoms with Crippen molar-refractivity contribution in [1.29, 1.82) is 0 Å². The Labute approximate surface area is 170 Å². The number of nitrogens with zero attached hydrogens (tertiary/aromatic N) is 2. The van der Waals surface area contributed by atoms with Crippen LogP contribution in [0.3, 0.4) is 0 Å². The summed E-state index contributed by atoms with van der Waals surface area (Å²) in [7, 11) is -3.72. The van der Waals surface area contributed by atoms with Crippen LogP contribution in [0.15, 0.2) is 59.5 Å². The van der Waals surface area contributed by atoms with E-state index in [1.165, 1.54) is 9.21 Å². The monoisotopic (exact) mass is 413 g/mol. The molecule has 8 heteroatoms. The zero-order chi connectivity index (χ0) is 20.6. The van der Waals surface area contributed by atoms with Crippen molar-refractivity contribution in [3.05, 3.63) is 65.7 Å². The molecule has 2 fully saturated rings. The maximum atomic E-state index is 13.0. The fourth-order valence-corrected chi connectivity index (χ4v) is 5.28. The fraction of sp³-hybridized carbons (Fsp3) is 0.333. The van der Waals surface area contributed by atoms with Crippen molar-refractivity contribution in [2.45, 2.75) is 30.3 Å². The van der Waals surface area contributed by atoms with Crippen LogP contribution < -0.4 is 5.32 Å². The Balaban J connectivity index is 1.50. The van der Waals surface area contributed by atoms with Crippen LogP contribution in [-0.2, 0) is 26.0 Å². The first-order chi connectivity index (χ1) is 13.9. The van der Waals surface area contributed by atoms with Gasteiger partial charge in [0.25, 0.3) is 0 Å². The standard InChI is InChI=1S/C21H23N3O4S/c1-15-7-9-17(10-8-15)29(27,28)23-11-12-24-19(14-23)20(25)22-18(21(24)26)13-16-5-3-2-4-6-16/h2-10,18-19H,11-14H2,1H3,(H,22,25)/t18-,19+/m0/s1. The minimum absolute atomic E-state index is 0.0359. The third-order valence-corrected chi connectivity index (χ3v) is 7.36. The van der Waals surface area contributed by atoms with Gasteiger partial charge in [-0.3, -0.25) is 9.59 Å². The minimum atomic E-state index is -3.72. The third kappa shape index (κ3) is 3.77. The highest BCUT2D eigenvalue weighted by atomic mass is 32.2. The maximum Gasteiger partial charge on any atom is 0.246 e. The van der Waals surface area contributed by atoms with Crippen LogP contribution in [0.2, 0.25) is 0 Å². The Morgan fingerprint density at radius 2 is 1.69 bits per heavy atom. The van der Waals surface area contributed by atoms with Crippen molar-refractivity contribution in [3.8, 4) is 0 Å². The quantitative estimate of drug-likeness (QED) is 0.808. The molecule has 2 amide bonds. The van der Waals surface area contributed by atoms with Gasteiger partial charge in [0.1, 0.15) is 12.1 Å². The van der Waals surface area contributed by atoms with Gasteiger partial charge >= 0.3 is 0 Å². The van der Waals surface area contributed by atoms with Crippen molar-refractivity contribution in [1.82, 2.24) is 14.5 Å². The molecule has 0 aliphatic carbocycles. The summed E-state index contributed by atoms with van der Waals surface area (Å²) in [6.45, 7) is 2.22. The number of aryl methyl sites for hydroxylation is 1. The van der Waals surface area contributed by atoms with Gasteiger partial charge in [-0.05, 0) is 24.6 Å². The lowest BCUT2D eigenvalue weighted by Gasteiger charge is -2.44. The summed E-state index contributed by atoms with van der Waals surface area (Å²) >= 11 is 0. The van der Waals surface area contributed by atoms with Gasteiger partial charge in [-0.15, -0.1) is 0 Å². The normalized spacial score (nSPS) is 22.9. The van der Waals surface area contributed by atoms with Crippen molar-refractivity contribution in [2.24, 2.45) is 0 Å². The number of rotatable bonds is 4. The average Bonchev–Trinajstić information content (AvgIpc) is 2.72. The molecule has 2 aliphatic rings. The lowest BCUT2D eigenvalue weighted by atomic mass is 9.99. The largest absolute Gasteiger partial charge is 0.342 e. The lowest BCUT2D eigenvalue weighted by molar-refractivity contribution is -0.151. The van der Waals surface area contributed by atoms with Gasteiger partial charge < -0.3 is 10.2 Å². The van der Waals surface area contributed by atoms with E-state index in [9.17, 15) is 18.0 Å². The molecule has 0 radical (unpaired) electrons. The van der Waals surface area contributed by atoms with Gasteiger partial charge in [0.05, 0.1) is 4.90 Å². The van der Waals surface area contributed by atoms with E-state index in [4.69, 9.17) is 0 Å². The number of carbonyl (C=O) groups excluding carboxylic acids is 2. The fourth-order valence-electron chi connectivity index (χ4n) is 3.84. The third-order valence-electron chi connectivity index (χ3n) is 5.48. The molecule has 0 unspecified atom stereocenters. The van der Waals surface area contributed by atoms with Crippen LogP contribution in [0, 0.1) is 6.92 Å². The van der Waals surface area contributed by atoms with Crippen LogP contribution in [0.4, 0.5) is 0 Å². The van der Waals surface area contributed by atoms with Crippen LogP contribution in [0.5, 0.6) is 0 Å². The van der Waals surface area contributed by atoms with Crippen LogP contribution >= 0.6 is 0 Å². The molecule has 2 aliphatic heterocycles. The smallest absolute Gasteiger partial charge is 0.246 e. The second-order valence-electron chi connectivity index (χ2n) is 7.47. The first kappa shape index (κ1) is 19.6. The number of amides is 2. The van der Waals surface area contributed by atoms with E-state index < -0.39 is 22.1 Å². The number of benzene rings is 2. The zero-order valence-electron chi connectivity index (χ0n) is 16.1. The predicted octanol–water partition coefficient (Wildman–Crippen LogP) is 0.938. The van der Waals surface area contributed by atoms with Gasteiger partial charge in [-0.1, -0.05) is 48.0 Å². The van der Waals surface area contributed by atoms with E-state index in [1.807, 2.05) is 37.3 Å².